The summed E-state index contributed by atoms with van der Waals surface area (Å²) in [7, 11) is 0. The first-order valence-corrected chi connectivity index (χ1v) is 3.31. The van der Waals surface area contributed by atoms with E-state index in [0.29, 0.717) is 5.56 Å². The minimum absolute atomic E-state index is 0.00750. The maximum absolute atomic E-state index is 9.14. The van der Waals surface area contributed by atoms with Crippen LogP contribution in [0.4, 0.5) is 0 Å². The Morgan fingerprint density at radius 1 is 1.27 bits per heavy atom. The highest BCUT2D eigenvalue weighted by Crippen LogP contribution is 2.27. The first-order chi connectivity index (χ1) is 5.11. The van der Waals surface area contributed by atoms with E-state index in [0.717, 1.165) is 0 Å². The molecule has 0 fully saturated rings. The summed E-state index contributed by atoms with van der Waals surface area (Å²) in [5.41, 5.74) is 0.419. The number of hydrogen-bond donors (Lipinski definition) is 3. The minimum Gasteiger partial charge on any atom is -0.508 e. The molecule has 11 heavy (non-hydrogen) atoms. The van der Waals surface area contributed by atoms with Crippen molar-refractivity contribution in [1.29, 1.82) is 0 Å². The third kappa shape index (κ3) is 1.62. The van der Waals surface area contributed by atoms with Gasteiger partial charge in [-0.2, -0.15) is 0 Å². The van der Waals surface area contributed by atoms with Crippen LogP contribution in [-0.4, -0.2) is 15.3 Å². The summed E-state index contributed by atoms with van der Waals surface area (Å²) in [5, 5.41) is 27.1. The molecule has 0 aliphatic rings. The zero-order valence-corrected chi connectivity index (χ0v) is 6.15. The molecule has 1 rings (SSSR count). The molecule has 0 saturated heterocycles. The number of phenols is 2. The van der Waals surface area contributed by atoms with Gasteiger partial charge in [0.15, 0.2) is 0 Å². The van der Waals surface area contributed by atoms with Gasteiger partial charge in [-0.25, -0.2) is 0 Å². The summed E-state index contributed by atoms with van der Waals surface area (Å²) >= 11 is 0. The maximum atomic E-state index is 9.14. The molecule has 3 nitrogen and oxygen atoms in total. The monoisotopic (exact) mass is 154 g/mol. The number of benzene rings is 1. The minimum atomic E-state index is -0.712. The topological polar surface area (TPSA) is 60.7 Å². The van der Waals surface area contributed by atoms with Crippen molar-refractivity contribution in [3.63, 3.8) is 0 Å². The fourth-order valence-electron chi connectivity index (χ4n) is 0.885. The molecule has 0 radical (unpaired) electrons. The van der Waals surface area contributed by atoms with Gasteiger partial charge in [-0.3, -0.25) is 0 Å². The van der Waals surface area contributed by atoms with Gasteiger partial charge in [0.2, 0.25) is 0 Å². The van der Waals surface area contributed by atoms with E-state index in [4.69, 9.17) is 15.3 Å². The van der Waals surface area contributed by atoms with E-state index in [-0.39, 0.29) is 11.5 Å². The number of aliphatic hydroxyl groups excluding tert-OH is 1. The van der Waals surface area contributed by atoms with Crippen LogP contribution >= 0.6 is 0 Å². The first kappa shape index (κ1) is 7.88. The van der Waals surface area contributed by atoms with Crippen molar-refractivity contribution in [3.05, 3.63) is 23.8 Å². The summed E-state index contributed by atoms with van der Waals surface area (Å²) in [4.78, 5) is 0. The second-order valence-electron chi connectivity index (χ2n) is 2.42. The number of hydrogen-bond acceptors (Lipinski definition) is 3. The van der Waals surface area contributed by atoms with Gasteiger partial charge >= 0.3 is 0 Å². The standard InChI is InChI=1S/C8H10O3/c1-5(9)7-3-2-6(10)4-8(7)11/h2-5,9-11H,1H3/t5-/m1/s1. The molecule has 0 amide bonds. The number of aliphatic hydroxyl groups is 1. The molecule has 60 valence electrons. The summed E-state index contributed by atoms with van der Waals surface area (Å²) in [6.45, 7) is 1.55. The fraction of sp³-hybridized carbons (Fsp3) is 0.250. The molecule has 1 aromatic rings. The van der Waals surface area contributed by atoms with Crippen molar-refractivity contribution < 1.29 is 15.3 Å². The molecule has 3 heteroatoms. The van der Waals surface area contributed by atoms with E-state index in [1.165, 1.54) is 18.2 Å². The summed E-state index contributed by atoms with van der Waals surface area (Å²) in [6.07, 6.45) is -0.712. The van der Waals surface area contributed by atoms with Crippen LogP contribution in [0.15, 0.2) is 18.2 Å². The third-order valence-electron chi connectivity index (χ3n) is 1.46. The van der Waals surface area contributed by atoms with Gasteiger partial charge in [0.1, 0.15) is 11.5 Å². The van der Waals surface area contributed by atoms with Crippen molar-refractivity contribution in [2.75, 3.05) is 0 Å². The summed E-state index contributed by atoms with van der Waals surface area (Å²) in [6, 6.07) is 4.10. The fourth-order valence-corrected chi connectivity index (χ4v) is 0.885. The van der Waals surface area contributed by atoms with Crippen molar-refractivity contribution in [2.45, 2.75) is 13.0 Å². The Labute approximate surface area is 64.5 Å². The van der Waals surface area contributed by atoms with Gasteiger partial charge in [-0.15, -0.1) is 0 Å². The smallest absolute Gasteiger partial charge is 0.125 e. The molecule has 0 heterocycles. The molecule has 1 atom stereocenters. The van der Waals surface area contributed by atoms with Crippen LogP contribution < -0.4 is 0 Å². The molecular formula is C8H10O3. The maximum Gasteiger partial charge on any atom is 0.125 e. The molecular weight excluding hydrogens is 144 g/mol. The lowest BCUT2D eigenvalue weighted by Crippen LogP contribution is -1.90. The van der Waals surface area contributed by atoms with Crippen LogP contribution in [0.1, 0.15) is 18.6 Å². The first-order valence-electron chi connectivity index (χ1n) is 3.31. The van der Waals surface area contributed by atoms with E-state index in [9.17, 15) is 0 Å². The molecule has 0 aromatic heterocycles. The highest BCUT2D eigenvalue weighted by Gasteiger charge is 2.06. The lowest BCUT2D eigenvalue weighted by atomic mass is 10.1. The molecule has 0 bridgehead atoms. The van der Waals surface area contributed by atoms with Crippen LogP contribution in [0.25, 0.3) is 0 Å². The second-order valence-corrected chi connectivity index (χ2v) is 2.42. The van der Waals surface area contributed by atoms with Crippen molar-refractivity contribution >= 4 is 0 Å². The van der Waals surface area contributed by atoms with Crippen molar-refractivity contribution in [2.24, 2.45) is 0 Å². The van der Waals surface area contributed by atoms with E-state index in [1.807, 2.05) is 0 Å². The van der Waals surface area contributed by atoms with Crippen molar-refractivity contribution in [1.82, 2.24) is 0 Å². The highest BCUT2D eigenvalue weighted by atomic mass is 16.3. The predicted octanol–water partition coefficient (Wildman–Crippen LogP) is 1.15. The lowest BCUT2D eigenvalue weighted by molar-refractivity contribution is 0.195. The number of rotatable bonds is 1. The summed E-state index contributed by atoms with van der Waals surface area (Å²) < 4.78 is 0. The van der Waals surface area contributed by atoms with E-state index < -0.39 is 6.10 Å². The molecule has 0 aliphatic carbocycles. The molecule has 0 unspecified atom stereocenters. The molecule has 1 aromatic carbocycles. The van der Waals surface area contributed by atoms with Gasteiger partial charge in [0.05, 0.1) is 6.10 Å². The Kier molecular flexibility index (Phi) is 2.01. The SMILES string of the molecule is C[C@@H](O)c1ccc(O)cc1O. The lowest BCUT2D eigenvalue weighted by Gasteiger charge is -2.06. The van der Waals surface area contributed by atoms with Gasteiger partial charge in [0, 0.05) is 11.6 Å². The molecule has 0 aliphatic heterocycles. The van der Waals surface area contributed by atoms with Crippen LogP contribution in [0.3, 0.4) is 0 Å². The molecule has 0 saturated carbocycles. The van der Waals surface area contributed by atoms with Crippen LogP contribution in [0.5, 0.6) is 11.5 Å². The molecule has 3 N–H and O–H groups in total. The Morgan fingerprint density at radius 2 is 1.91 bits per heavy atom. The average Bonchev–Trinajstić information content (AvgIpc) is 1.85. The van der Waals surface area contributed by atoms with Gasteiger partial charge < -0.3 is 15.3 Å². The van der Waals surface area contributed by atoms with Gasteiger partial charge in [0.25, 0.3) is 0 Å². The second kappa shape index (κ2) is 2.80. The van der Waals surface area contributed by atoms with E-state index >= 15 is 0 Å². The third-order valence-corrected chi connectivity index (χ3v) is 1.46. The van der Waals surface area contributed by atoms with Gasteiger partial charge in [-0.1, -0.05) is 0 Å². The normalized spacial score (nSPS) is 12.9. The van der Waals surface area contributed by atoms with E-state index in [2.05, 4.69) is 0 Å². The van der Waals surface area contributed by atoms with Crippen molar-refractivity contribution in [3.8, 4) is 11.5 Å². The zero-order chi connectivity index (χ0) is 8.43. The Balaban J connectivity index is 3.09. The Hall–Kier alpha value is -1.22. The Bertz CT molecular complexity index is 256. The van der Waals surface area contributed by atoms with Crippen LogP contribution in [0, 0.1) is 0 Å². The van der Waals surface area contributed by atoms with E-state index in [1.54, 1.807) is 6.92 Å². The largest absolute Gasteiger partial charge is 0.508 e. The van der Waals surface area contributed by atoms with Crippen LogP contribution in [-0.2, 0) is 0 Å². The summed E-state index contributed by atoms with van der Waals surface area (Å²) in [5.74, 6) is -0.0908. The molecule has 0 spiro atoms. The number of aromatic hydroxyl groups is 2. The Morgan fingerprint density at radius 3 is 2.36 bits per heavy atom. The zero-order valence-electron chi connectivity index (χ0n) is 6.15. The predicted molar refractivity (Wildman–Crippen MR) is 40.4 cm³/mol. The quantitative estimate of drug-likeness (QED) is 0.568. The van der Waals surface area contributed by atoms with Crippen LogP contribution in [0.2, 0.25) is 0 Å². The number of phenolic OH excluding ortho intramolecular Hbond substituents is 2. The highest BCUT2D eigenvalue weighted by molar-refractivity contribution is 5.39. The van der Waals surface area contributed by atoms with Gasteiger partial charge in [-0.05, 0) is 19.1 Å². The average molecular weight is 154 g/mol.